The minimum Gasteiger partial charge on any atom is -0.444 e. The molecule has 0 spiro atoms. The molecule has 3 N–H and O–H groups in total. The number of hydrogen-bond donors (Lipinski definition) is 3. The van der Waals surface area contributed by atoms with Crippen LogP contribution in [0.25, 0.3) is 0 Å². The number of nitrogens with one attached hydrogen (secondary N) is 3. The van der Waals surface area contributed by atoms with E-state index in [0.717, 1.165) is 19.3 Å². The molecule has 0 aliphatic heterocycles. The Kier molecular flexibility index (Phi) is 12.3. The van der Waals surface area contributed by atoms with E-state index < -0.39 is 11.7 Å². The van der Waals surface area contributed by atoms with Crippen molar-refractivity contribution < 1.29 is 36.2 Å². The molecule has 0 bridgehead atoms. The molecule has 0 saturated heterocycles. The van der Waals surface area contributed by atoms with Crippen molar-refractivity contribution in [2.24, 2.45) is 0 Å². The molecule has 183 valence electrons. The molecule has 2 aliphatic carbocycles. The molecule has 2 rings (SSSR count). The maximum absolute atomic E-state index is 12.0. The van der Waals surface area contributed by atoms with Crippen LogP contribution < -0.4 is 16.0 Å². The first-order valence-electron chi connectivity index (χ1n) is 10.9. The van der Waals surface area contributed by atoms with Gasteiger partial charge >= 0.3 is 6.09 Å². The quantitative estimate of drug-likeness (QED) is 0.241. The third-order valence-corrected chi connectivity index (χ3v) is 4.58. The third-order valence-electron chi connectivity index (χ3n) is 4.58. The Bertz CT molecular complexity index is 877. The van der Waals surface area contributed by atoms with Gasteiger partial charge in [0, 0.05) is 59.7 Å². The van der Waals surface area contributed by atoms with Crippen molar-refractivity contribution >= 4 is 17.7 Å². The first-order valence-corrected chi connectivity index (χ1v) is 10.9. The normalized spacial score (nSPS) is 18.3. The van der Waals surface area contributed by atoms with Crippen molar-refractivity contribution in [1.29, 1.82) is 0 Å². The molecule has 0 unspecified atom stereocenters. The standard InChI is InChI=1S/C25H33N3O4.Cu/c1-25(2,3)32-24(31)27-15-9-8-12-21(28-17-20-11-5-7-14-23(20)30)18-26-16-19-10-4-6-13-22(19)29;/h4-7,10-11,13-14,16-17,21,26,28H,8-9,12,15,18H2,1-3H3,(H,27,31);/b19-16-,20-17-;/t21-;/m0./s1. The summed E-state index contributed by atoms with van der Waals surface area (Å²) < 4.78 is 5.23. The van der Waals surface area contributed by atoms with Crippen LogP contribution >= 0.6 is 0 Å². The molecular weight excluding hydrogens is 470 g/mol. The summed E-state index contributed by atoms with van der Waals surface area (Å²) in [5, 5.41) is 9.28. The Labute approximate surface area is 206 Å². The van der Waals surface area contributed by atoms with Gasteiger partial charge < -0.3 is 20.7 Å². The molecule has 1 amide bonds. The van der Waals surface area contributed by atoms with E-state index >= 15 is 0 Å². The summed E-state index contributed by atoms with van der Waals surface area (Å²) in [6, 6.07) is 0.0335. The van der Waals surface area contributed by atoms with Crippen molar-refractivity contribution in [1.82, 2.24) is 16.0 Å². The topological polar surface area (TPSA) is 96.5 Å². The van der Waals surface area contributed by atoms with Gasteiger partial charge in [-0.3, -0.25) is 9.59 Å². The summed E-state index contributed by atoms with van der Waals surface area (Å²) >= 11 is 0. The molecule has 1 radical (unpaired) electrons. The van der Waals surface area contributed by atoms with Crippen molar-refractivity contribution in [2.45, 2.75) is 51.7 Å². The summed E-state index contributed by atoms with van der Waals surface area (Å²) in [6.45, 7) is 6.58. The second-order valence-electron chi connectivity index (χ2n) is 8.56. The van der Waals surface area contributed by atoms with Gasteiger partial charge in [-0.05, 0) is 64.3 Å². The summed E-state index contributed by atoms with van der Waals surface area (Å²) in [5.41, 5.74) is 0.678. The Morgan fingerprint density at radius 2 is 1.52 bits per heavy atom. The predicted octanol–water partition coefficient (Wildman–Crippen LogP) is 3.38. The fourth-order valence-corrected chi connectivity index (χ4v) is 2.98. The minimum absolute atomic E-state index is 0. The second kappa shape index (κ2) is 14.3. The smallest absolute Gasteiger partial charge is 0.407 e. The molecule has 0 aromatic rings. The van der Waals surface area contributed by atoms with E-state index in [-0.39, 0.29) is 34.7 Å². The first-order chi connectivity index (χ1) is 15.2. The Hall–Kier alpha value is -2.83. The maximum atomic E-state index is 12.0. The van der Waals surface area contributed by atoms with Crippen molar-refractivity contribution in [3.05, 3.63) is 72.2 Å². The molecule has 0 heterocycles. The molecular formula is C25H33CuN3O4. The average Bonchev–Trinajstić information content (AvgIpc) is 2.72. The zero-order chi connectivity index (χ0) is 23.4. The van der Waals surface area contributed by atoms with Gasteiger partial charge in [-0.2, -0.15) is 0 Å². The largest absolute Gasteiger partial charge is 0.444 e. The van der Waals surface area contributed by atoms with Crippen LogP contribution in [-0.2, 0) is 31.4 Å². The van der Waals surface area contributed by atoms with Gasteiger partial charge in [-0.1, -0.05) is 24.3 Å². The zero-order valence-electron chi connectivity index (χ0n) is 19.3. The van der Waals surface area contributed by atoms with Crippen molar-refractivity contribution in [3.8, 4) is 0 Å². The van der Waals surface area contributed by atoms with E-state index in [1.165, 1.54) is 12.2 Å². The third kappa shape index (κ3) is 11.6. The van der Waals surface area contributed by atoms with Crippen LogP contribution in [0.15, 0.2) is 72.2 Å². The molecule has 0 aromatic carbocycles. The first kappa shape index (κ1) is 28.2. The molecule has 0 fully saturated rings. The van der Waals surface area contributed by atoms with E-state index in [4.69, 9.17) is 4.74 Å². The molecule has 0 saturated carbocycles. The van der Waals surface area contributed by atoms with Crippen molar-refractivity contribution in [3.63, 3.8) is 0 Å². The van der Waals surface area contributed by atoms with Gasteiger partial charge in [-0.15, -0.1) is 0 Å². The summed E-state index contributed by atoms with van der Waals surface area (Å²) in [7, 11) is 0. The van der Waals surface area contributed by atoms with Crippen LogP contribution in [0, 0.1) is 0 Å². The predicted molar refractivity (Wildman–Crippen MR) is 126 cm³/mol. The van der Waals surface area contributed by atoms with E-state index in [0.29, 0.717) is 24.2 Å². The number of carbonyl (C=O) groups excluding carboxylic acids is 3. The van der Waals surface area contributed by atoms with Crippen LogP contribution in [0.3, 0.4) is 0 Å². The number of alkyl carbamates (subject to hydrolysis) is 1. The molecule has 0 aromatic heterocycles. The van der Waals surface area contributed by atoms with Gasteiger partial charge in [0.15, 0.2) is 11.6 Å². The van der Waals surface area contributed by atoms with Crippen LogP contribution in [0.5, 0.6) is 0 Å². The monoisotopic (exact) mass is 502 g/mol. The Morgan fingerprint density at radius 1 is 0.939 bits per heavy atom. The fourth-order valence-electron chi connectivity index (χ4n) is 2.98. The van der Waals surface area contributed by atoms with E-state index in [1.54, 1.807) is 36.7 Å². The molecule has 1 atom stereocenters. The maximum Gasteiger partial charge on any atom is 0.407 e. The Balaban J connectivity index is 0.00000544. The molecule has 8 heteroatoms. The number of allylic oxidation sites excluding steroid dienone is 10. The number of hydrogen-bond acceptors (Lipinski definition) is 6. The second-order valence-corrected chi connectivity index (χ2v) is 8.56. The van der Waals surface area contributed by atoms with Gasteiger partial charge in [0.2, 0.25) is 0 Å². The SMILES string of the molecule is CC(C)(C)OC(=O)NCCCC[C@@H](CN/C=C1/C=CC=CC1=O)N/C=C1/C=CC=CC1=O.[Cu]. The number of rotatable bonds is 10. The van der Waals surface area contributed by atoms with Crippen LogP contribution in [0.4, 0.5) is 4.79 Å². The van der Waals surface area contributed by atoms with E-state index in [1.807, 2.05) is 32.9 Å². The fraction of sp³-hybridized carbons (Fsp3) is 0.400. The van der Waals surface area contributed by atoms with Gasteiger partial charge in [0.25, 0.3) is 0 Å². The molecule has 7 nitrogen and oxygen atoms in total. The van der Waals surface area contributed by atoms with Crippen molar-refractivity contribution in [2.75, 3.05) is 13.1 Å². The molecule has 2 aliphatic rings. The van der Waals surface area contributed by atoms with E-state index in [9.17, 15) is 14.4 Å². The number of carbonyl (C=O) groups is 3. The van der Waals surface area contributed by atoms with Gasteiger partial charge in [-0.25, -0.2) is 4.79 Å². The average molecular weight is 503 g/mol. The summed E-state index contributed by atoms with van der Waals surface area (Å²) in [4.78, 5) is 35.5. The van der Waals surface area contributed by atoms with Crippen LogP contribution in [-0.4, -0.2) is 42.4 Å². The van der Waals surface area contributed by atoms with Gasteiger partial charge in [0.1, 0.15) is 5.60 Å². The summed E-state index contributed by atoms with van der Waals surface area (Å²) in [5.74, 6) is -0.0790. The molecule has 33 heavy (non-hydrogen) atoms. The van der Waals surface area contributed by atoms with Crippen LogP contribution in [0.2, 0.25) is 0 Å². The van der Waals surface area contributed by atoms with Gasteiger partial charge in [0.05, 0.1) is 0 Å². The summed E-state index contributed by atoms with van der Waals surface area (Å²) in [6.07, 6.45) is 19.2. The number of unbranched alkanes of at least 4 members (excludes halogenated alkanes) is 1. The Morgan fingerprint density at radius 3 is 2.09 bits per heavy atom. The number of amides is 1. The van der Waals surface area contributed by atoms with Crippen LogP contribution in [0.1, 0.15) is 40.0 Å². The number of ether oxygens (including phenoxy) is 1. The zero-order valence-corrected chi connectivity index (χ0v) is 20.3. The minimum atomic E-state index is -0.516. The number of ketones is 2. The van der Waals surface area contributed by atoms with E-state index in [2.05, 4.69) is 16.0 Å².